The molecule has 1 atom stereocenters. The lowest BCUT2D eigenvalue weighted by atomic mass is 10.2. The molecule has 27 heavy (non-hydrogen) atoms. The SMILES string of the molecule is CCOC(=O)c1ccc(NC(=O)N[C@H]2CC(=O)N(c3ccccc3)C2)cc1. The molecule has 0 aromatic heterocycles. The van der Waals surface area contributed by atoms with E-state index in [-0.39, 0.29) is 18.4 Å². The van der Waals surface area contributed by atoms with Gasteiger partial charge in [-0.15, -0.1) is 0 Å². The van der Waals surface area contributed by atoms with Crippen LogP contribution < -0.4 is 15.5 Å². The second kappa shape index (κ2) is 8.35. The van der Waals surface area contributed by atoms with E-state index < -0.39 is 12.0 Å². The Hall–Kier alpha value is -3.35. The molecule has 1 saturated heterocycles. The van der Waals surface area contributed by atoms with Gasteiger partial charge in [-0.3, -0.25) is 4.79 Å². The third-order valence-corrected chi connectivity index (χ3v) is 4.18. The third kappa shape index (κ3) is 4.63. The summed E-state index contributed by atoms with van der Waals surface area (Å²) in [5.41, 5.74) is 1.79. The highest BCUT2D eigenvalue weighted by Crippen LogP contribution is 2.21. The number of para-hydroxylation sites is 1. The highest BCUT2D eigenvalue weighted by atomic mass is 16.5. The lowest BCUT2D eigenvalue weighted by Crippen LogP contribution is -2.39. The van der Waals surface area contributed by atoms with Crippen molar-refractivity contribution in [1.82, 2.24) is 5.32 Å². The number of ether oxygens (including phenoxy) is 1. The molecule has 1 aliphatic heterocycles. The van der Waals surface area contributed by atoms with Crippen molar-refractivity contribution in [2.24, 2.45) is 0 Å². The van der Waals surface area contributed by atoms with E-state index in [1.54, 1.807) is 36.1 Å². The van der Waals surface area contributed by atoms with Crippen LogP contribution in [0.3, 0.4) is 0 Å². The first-order valence-electron chi connectivity index (χ1n) is 8.77. The fourth-order valence-electron chi connectivity index (χ4n) is 2.92. The summed E-state index contributed by atoms with van der Waals surface area (Å²) in [6.45, 7) is 2.48. The molecule has 7 heteroatoms. The Morgan fingerprint density at radius 1 is 1.11 bits per heavy atom. The van der Waals surface area contributed by atoms with Crippen molar-refractivity contribution < 1.29 is 19.1 Å². The van der Waals surface area contributed by atoms with Gasteiger partial charge in [0.15, 0.2) is 0 Å². The fraction of sp³-hybridized carbons (Fsp3) is 0.250. The van der Waals surface area contributed by atoms with Crippen LogP contribution in [0.4, 0.5) is 16.2 Å². The highest BCUT2D eigenvalue weighted by Gasteiger charge is 2.31. The molecule has 2 aromatic rings. The van der Waals surface area contributed by atoms with E-state index in [1.165, 1.54) is 0 Å². The minimum absolute atomic E-state index is 0.0229. The number of urea groups is 1. The predicted molar refractivity (Wildman–Crippen MR) is 102 cm³/mol. The van der Waals surface area contributed by atoms with E-state index in [0.717, 1.165) is 5.69 Å². The van der Waals surface area contributed by atoms with Crippen molar-refractivity contribution in [2.45, 2.75) is 19.4 Å². The monoisotopic (exact) mass is 367 g/mol. The van der Waals surface area contributed by atoms with Crippen LogP contribution in [0.5, 0.6) is 0 Å². The number of carbonyl (C=O) groups excluding carboxylic acids is 3. The summed E-state index contributed by atoms with van der Waals surface area (Å²) < 4.78 is 4.92. The number of esters is 1. The number of nitrogens with one attached hydrogen (secondary N) is 2. The first-order chi connectivity index (χ1) is 13.1. The van der Waals surface area contributed by atoms with Gasteiger partial charge in [0.25, 0.3) is 0 Å². The van der Waals surface area contributed by atoms with E-state index in [2.05, 4.69) is 10.6 Å². The van der Waals surface area contributed by atoms with E-state index in [9.17, 15) is 14.4 Å². The molecule has 0 bridgehead atoms. The number of hydrogen-bond acceptors (Lipinski definition) is 4. The lowest BCUT2D eigenvalue weighted by molar-refractivity contribution is -0.117. The zero-order valence-corrected chi connectivity index (χ0v) is 15.0. The zero-order valence-electron chi connectivity index (χ0n) is 15.0. The molecule has 0 saturated carbocycles. The van der Waals surface area contributed by atoms with Crippen molar-refractivity contribution >= 4 is 29.3 Å². The fourth-order valence-corrected chi connectivity index (χ4v) is 2.92. The summed E-state index contributed by atoms with van der Waals surface area (Å²) in [6, 6.07) is 15.1. The van der Waals surface area contributed by atoms with Crippen LogP contribution in [0, 0.1) is 0 Å². The largest absolute Gasteiger partial charge is 0.462 e. The van der Waals surface area contributed by atoms with E-state index >= 15 is 0 Å². The molecule has 3 amide bonds. The highest BCUT2D eigenvalue weighted by molar-refractivity contribution is 5.97. The molecule has 0 unspecified atom stereocenters. The first-order valence-corrected chi connectivity index (χ1v) is 8.77. The van der Waals surface area contributed by atoms with Crippen LogP contribution in [0.25, 0.3) is 0 Å². The number of amides is 3. The van der Waals surface area contributed by atoms with E-state index in [1.807, 2.05) is 30.3 Å². The van der Waals surface area contributed by atoms with Crippen molar-refractivity contribution in [2.75, 3.05) is 23.4 Å². The number of anilines is 2. The molecule has 1 heterocycles. The number of carbonyl (C=O) groups is 3. The van der Waals surface area contributed by atoms with Gasteiger partial charge in [-0.2, -0.15) is 0 Å². The molecule has 0 spiro atoms. The van der Waals surface area contributed by atoms with E-state index in [0.29, 0.717) is 24.4 Å². The molecule has 0 aliphatic carbocycles. The average molecular weight is 367 g/mol. The van der Waals surface area contributed by atoms with Crippen molar-refractivity contribution in [1.29, 1.82) is 0 Å². The van der Waals surface area contributed by atoms with Gasteiger partial charge in [0, 0.05) is 24.3 Å². The Kier molecular flexibility index (Phi) is 5.71. The topological polar surface area (TPSA) is 87.7 Å². The van der Waals surface area contributed by atoms with Crippen LogP contribution in [-0.4, -0.2) is 37.1 Å². The number of rotatable bonds is 5. The van der Waals surface area contributed by atoms with Gasteiger partial charge in [-0.25, -0.2) is 9.59 Å². The van der Waals surface area contributed by atoms with Gasteiger partial charge in [-0.05, 0) is 43.3 Å². The molecule has 1 fully saturated rings. The molecular formula is C20H21N3O4. The Morgan fingerprint density at radius 2 is 1.81 bits per heavy atom. The van der Waals surface area contributed by atoms with Gasteiger partial charge in [0.1, 0.15) is 0 Å². The number of nitrogens with zero attached hydrogens (tertiary/aromatic N) is 1. The Morgan fingerprint density at radius 3 is 2.48 bits per heavy atom. The third-order valence-electron chi connectivity index (χ3n) is 4.18. The lowest BCUT2D eigenvalue weighted by Gasteiger charge is -2.17. The Bertz CT molecular complexity index is 821. The maximum absolute atomic E-state index is 12.2. The quantitative estimate of drug-likeness (QED) is 0.796. The van der Waals surface area contributed by atoms with Crippen LogP contribution in [0.1, 0.15) is 23.7 Å². The summed E-state index contributed by atoms with van der Waals surface area (Å²) in [4.78, 5) is 37.7. The normalized spacial score (nSPS) is 16.1. The summed E-state index contributed by atoms with van der Waals surface area (Å²) in [5.74, 6) is -0.427. The zero-order chi connectivity index (χ0) is 19.2. The van der Waals surface area contributed by atoms with Crippen molar-refractivity contribution in [3.63, 3.8) is 0 Å². The molecule has 0 radical (unpaired) electrons. The molecule has 2 N–H and O–H groups in total. The molecule has 2 aromatic carbocycles. The van der Waals surface area contributed by atoms with Gasteiger partial charge in [0.2, 0.25) is 5.91 Å². The summed E-state index contributed by atoms with van der Waals surface area (Å²) >= 11 is 0. The summed E-state index contributed by atoms with van der Waals surface area (Å²) in [5, 5.41) is 5.52. The smallest absolute Gasteiger partial charge is 0.338 e. The molecule has 3 rings (SSSR count). The van der Waals surface area contributed by atoms with E-state index in [4.69, 9.17) is 4.74 Å². The van der Waals surface area contributed by atoms with Crippen molar-refractivity contribution in [3.8, 4) is 0 Å². The average Bonchev–Trinajstić information content (AvgIpc) is 3.03. The van der Waals surface area contributed by atoms with Gasteiger partial charge in [0.05, 0.1) is 18.2 Å². The van der Waals surface area contributed by atoms with Gasteiger partial charge < -0.3 is 20.3 Å². The Labute approximate surface area is 157 Å². The maximum atomic E-state index is 12.2. The molecule has 140 valence electrons. The number of hydrogen-bond donors (Lipinski definition) is 2. The summed E-state index contributed by atoms with van der Waals surface area (Å²) in [6.07, 6.45) is 0.254. The van der Waals surface area contributed by atoms with Gasteiger partial charge in [-0.1, -0.05) is 18.2 Å². The molecule has 1 aliphatic rings. The van der Waals surface area contributed by atoms with Crippen LogP contribution in [0.2, 0.25) is 0 Å². The van der Waals surface area contributed by atoms with Crippen LogP contribution >= 0.6 is 0 Å². The molecular weight excluding hydrogens is 346 g/mol. The number of benzene rings is 2. The predicted octanol–water partition coefficient (Wildman–Crippen LogP) is 2.79. The van der Waals surface area contributed by atoms with Crippen LogP contribution in [-0.2, 0) is 9.53 Å². The maximum Gasteiger partial charge on any atom is 0.338 e. The minimum Gasteiger partial charge on any atom is -0.462 e. The van der Waals surface area contributed by atoms with Gasteiger partial charge >= 0.3 is 12.0 Å². The standard InChI is InChI=1S/C20H21N3O4/c1-2-27-19(25)14-8-10-15(11-9-14)21-20(26)22-16-12-18(24)23(13-16)17-6-4-3-5-7-17/h3-11,16H,2,12-13H2,1H3,(H2,21,22,26)/t16-/m0/s1. The minimum atomic E-state index is -0.404. The second-order valence-electron chi connectivity index (χ2n) is 6.14. The van der Waals surface area contributed by atoms with Crippen LogP contribution in [0.15, 0.2) is 54.6 Å². The first kappa shape index (κ1) is 18.4. The molecule has 7 nitrogen and oxygen atoms in total. The second-order valence-corrected chi connectivity index (χ2v) is 6.14. The summed E-state index contributed by atoms with van der Waals surface area (Å²) in [7, 11) is 0. The Balaban J connectivity index is 1.54. The van der Waals surface area contributed by atoms with Crippen molar-refractivity contribution in [3.05, 3.63) is 60.2 Å².